The second kappa shape index (κ2) is 6.11. The number of hydrogen-bond donors (Lipinski definition) is 4. The van der Waals surface area contributed by atoms with Crippen LogP contribution in [0, 0.1) is 5.41 Å². The molecule has 2 rings (SSSR count). The van der Waals surface area contributed by atoms with Gasteiger partial charge in [0.15, 0.2) is 0 Å². The van der Waals surface area contributed by atoms with Gasteiger partial charge in [0.1, 0.15) is 11.4 Å². The molecule has 1 aromatic heterocycles. The monoisotopic (exact) mass is 324 g/mol. The highest BCUT2D eigenvalue weighted by atomic mass is 19.4. The highest BCUT2D eigenvalue weighted by Gasteiger charge is 2.35. The van der Waals surface area contributed by atoms with Crippen LogP contribution in [0.25, 0.3) is 0 Å². The Bertz CT molecular complexity index is 742. The fourth-order valence-corrected chi connectivity index (χ4v) is 2.05. The van der Waals surface area contributed by atoms with Gasteiger partial charge in [-0.3, -0.25) is 0 Å². The predicted octanol–water partition coefficient (Wildman–Crippen LogP) is 3.25. The van der Waals surface area contributed by atoms with Crippen LogP contribution in [0.3, 0.4) is 0 Å². The number of nitrogen functional groups attached to an aromatic ring is 1. The fraction of sp³-hybridized carbons (Fsp3) is 0.214. The van der Waals surface area contributed by atoms with E-state index in [1.807, 2.05) is 0 Å². The van der Waals surface area contributed by atoms with Gasteiger partial charge in [-0.25, -0.2) is 4.98 Å². The molecule has 0 aliphatic rings. The van der Waals surface area contributed by atoms with Crippen molar-refractivity contribution in [2.24, 2.45) is 0 Å². The van der Waals surface area contributed by atoms with Crippen molar-refractivity contribution in [2.45, 2.75) is 13.1 Å². The van der Waals surface area contributed by atoms with Crippen LogP contribution in [-0.2, 0) is 6.18 Å². The minimum atomic E-state index is -4.55. The number of nitrogens with two attached hydrogens (primary N) is 1. The number of nitrogens with one attached hydrogen (secondary N) is 3. The lowest BCUT2D eigenvalue weighted by Crippen LogP contribution is -2.13. The summed E-state index contributed by atoms with van der Waals surface area (Å²) in [6.07, 6.45) is -3.85. The van der Waals surface area contributed by atoms with E-state index in [4.69, 9.17) is 11.1 Å². The molecule has 2 aromatic rings. The molecule has 0 saturated carbocycles. The topological polar surface area (TPSA) is 99.7 Å². The smallest absolute Gasteiger partial charge is 0.398 e. The average molecular weight is 324 g/mol. The Kier molecular flexibility index (Phi) is 4.39. The van der Waals surface area contributed by atoms with Gasteiger partial charge in [0.2, 0.25) is 5.95 Å². The molecule has 1 heterocycles. The first-order chi connectivity index (χ1) is 10.7. The lowest BCUT2D eigenvalue weighted by atomic mass is 10.1. The number of anilines is 4. The van der Waals surface area contributed by atoms with Gasteiger partial charge in [-0.2, -0.15) is 18.2 Å². The van der Waals surface area contributed by atoms with Gasteiger partial charge in [-0.1, -0.05) is 6.07 Å². The minimum Gasteiger partial charge on any atom is -0.398 e. The lowest BCUT2D eigenvalue weighted by molar-refractivity contribution is -0.137. The van der Waals surface area contributed by atoms with Crippen LogP contribution < -0.4 is 16.4 Å². The Morgan fingerprint density at radius 1 is 1.30 bits per heavy atom. The van der Waals surface area contributed by atoms with Crippen molar-refractivity contribution < 1.29 is 13.2 Å². The highest BCUT2D eigenvalue weighted by molar-refractivity contribution is 6.06. The maximum absolute atomic E-state index is 12.8. The van der Waals surface area contributed by atoms with E-state index in [1.165, 1.54) is 7.05 Å². The average Bonchev–Trinajstić information content (AvgIpc) is 2.45. The molecule has 122 valence electrons. The number of hydrogen-bond acceptors (Lipinski definition) is 6. The molecule has 0 saturated heterocycles. The normalized spacial score (nSPS) is 11.2. The zero-order chi connectivity index (χ0) is 17.2. The molecule has 5 N–H and O–H groups in total. The molecule has 0 unspecified atom stereocenters. The Morgan fingerprint density at radius 2 is 2.00 bits per heavy atom. The van der Waals surface area contributed by atoms with E-state index >= 15 is 0 Å². The second-order valence-corrected chi connectivity index (χ2v) is 4.72. The minimum absolute atomic E-state index is 0.0320. The van der Waals surface area contributed by atoms with Gasteiger partial charge in [0, 0.05) is 30.2 Å². The van der Waals surface area contributed by atoms with Crippen LogP contribution in [0.4, 0.5) is 36.3 Å². The molecule has 9 heteroatoms. The maximum atomic E-state index is 12.8. The summed E-state index contributed by atoms with van der Waals surface area (Å²) in [5.41, 5.74) is 6.36. The van der Waals surface area contributed by atoms with Gasteiger partial charge >= 0.3 is 6.18 Å². The molecule has 0 spiro atoms. The third-order valence-corrected chi connectivity index (χ3v) is 3.05. The van der Waals surface area contributed by atoms with Gasteiger partial charge < -0.3 is 21.8 Å². The standard InChI is InChI=1S/C14H15F3N6/c1-7(18)11-9(19)4-3-5-10(11)22-13-21-6-8(14(15,16)17)12(20-2)23-13/h3-6,18H,19H2,1-2H3,(H2,20,21,22,23). The molecule has 0 amide bonds. The van der Waals surface area contributed by atoms with Crippen LogP contribution in [-0.4, -0.2) is 22.7 Å². The van der Waals surface area contributed by atoms with E-state index in [0.29, 0.717) is 23.1 Å². The van der Waals surface area contributed by atoms with E-state index in [2.05, 4.69) is 20.6 Å². The molecule has 0 atom stereocenters. The van der Waals surface area contributed by atoms with Crippen LogP contribution >= 0.6 is 0 Å². The number of alkyl halides is 3. The molecule has 6 nitrogen and oxygen atoms in total. The third-order valence-electron chi connectivity index (χ3n) is 3.05. The number of nitrogens with zero attached hydrogens (tertiary/aromatic N) is 2. The molecule has 0 aliphatic carbocycles. The van der Waals surface area contributed by atoms with Gasteiger partial charge in [0.05, 0.1) is 5.69 Å². The summed E-state index contributed by atoms with van der Waals surface area (Å²) >= 11 is 0. The number of rotatable bonds is 4. The molecule has 0 radical (unpaired) electrons. The third kappa shape index (κ3) is 3.50. The number of aromatic nitrogens is 2. The molecule has 1 aromatic carbocycles. The first kappa shape index (κ1) is 16.5. The van der Waals surface area contributed by atoms with Crippen molar-refractivity contribution in [1.82, 2.24) is 9.97 Å². The van der Waals surface area contributed by atoms with Crippen molar-refractivity contribution in [3.63, 3.8) is 0 Å². The van der Waals surface area contributed by atoms with Crippen molar-refractivity contribution in [3.05, 3.63) is 35.5 Å². The van der Waals surface area contributed by atoms with Crippen molar-refractivity contribution in [2.75, 3.05) is 23.4 Å². The van der Waals surface area contributed by atoms with Crippen LogP contribution in [0.1, 0.15) is 18.1 Å². The van der Waals surface area contributed by atoms with E-state index in [0.717, 1.165) is 0 Å². The molecular weight excluding hydrogens is 309 g/mol. The Hall–Kier alpha value is -2.84. The van der Waals surface area contributed by atoms with Crippen LogP contribution in [0.2, 0.25) is 0 Å². The van der Waals surface area contributed by atoms with Gasteiger partial charge in [-0.05, 0) is 19.1 Å². The zero-order valence-electron chi connectivity index (χ0n) is 12.4. The zero-order valence-corrected chi connectivity index (χ0v) is 12.4. The largest absolute Gasteiger partial charge is 0.421 e. The second-order valence-electron chi connectivity index (χ2n) is 4.72. The SMILES string of the molecule is CNc1nc(Nc2cccc(N)c2C(C)=N)ncc1C(F)(F)F. The Balaban J connectivity index is 2.43. The van der Waals surface area contributed by atoms with Crippen molar-refractivity contribution in [3.8, 4) is 0 Å². The lowest BCUT2D eigenvalue weighted by Gasteiger charge is -2.15. The summed E-state index contributed by atoms with van der Waals surface area (Å²) < 4.78 is 38.5. The molecule has 0 fully saturated rings. The van der Waals surface area contributed by atoms with Gasteiger partial charge in [0.25, 0.3) is 0 Å². The van der Waals surface area contributed by atoms with E-state index in [-0.39, 0.29) is 17.5 Å². The summed E-state index contributed by atoms with van der Waals surface area (Å²) in [5, 5.41) is 13.0. The highest BCUT2D eigenvalue weighted by Crippen LogP contribution is 2.34. The maximum Gasteiger partial charge on any atom is 0.421 e. The molecule has 0 bridgehead atoms. The molecular formula is C14H15F3N6. The molecule has 23 heavy (non-hydrogen) atoms. The summed E-state index contributed by atoms with van der Waals surface area (Å²) in [6, 6.07) is 4.93. The van der Waals surface area contributed by atoms with E-state index < -0.39 is 11.7 Å². The fourth-order valence-electron chi connectivity index (χ4n) is 2.05. The van der Waals surface area contributed by atoms with Crippen molar-refractivity contribution in [1.29, 1.82) is 5.41 Å². The quantitative estimate of drug-likeness (QED) is 0.511. The summed E-state index contributed by atoms with van der Waals surface area (Å²) in [6.45, 7) is 1.56. The Morgan fingerprint density at radius 3 is 2.57 bits per heavy atom. The Labute approximate surface area is 130 Å². The first-order valence-corrected chi connectivity index (χ1v) is 6.57. The van der Waals surface area contributed by atoms with Gasteiger partial charge in [-0.15, -0.1) is 0 Å². The van der Waals surface area contributed by atoms with E-state index in [9.17, 15) is 13.2 Å². The predicted molar refractivity (Wildman–Crippen MR) is 83.2 cm³/mol. The summed E-state index contributed by atoms with van der Waals surface area (Å²) in [5.74, 6) is -0.373. The van der Waals surface area contributed by atoms with Crippen molar-refractivity contribution >= 4 is 28.9 Å². The summed E-state index contributed by atoms with van der Waals surface area (Å²) in [7, 11) is 1.34. The van der Waals surface area contributed by atoms with Crippen LogP contribution in [0.15, 0.2) is 24.4 Å². The van der Waals surface area contributed by atoms with Crippen LogP contribution in [0.5, 0.6) is 0 Å². The number of benzene rings is 1. The first-order valence-electron chi connectivity index (χ1n) is 6.57. The van der Waals surface area contributed by atoms with E-state index in [1.54, 1.807) is 25.1 Å². The molecule has 0 aliphatic heterocycles. The summed E-state index contributed by atoms with van der Waals surface area (Å²) in [4.78, 5) is 7.50. The number of halogens is 3.